The van der Waals surface area contributed by atoms with Crippen LogP contribution in [0.1, 0.15) is 11.1 Å². The Hall–Kier alpha value is -6.18. The molecule has 9 rings (SSSR count). The van der Waals surface area contributed by atoms with Crippen molar-refractivity contribution < 1.29 is 0 Å². The Morgan fingerprint density at radius 3 is 1.67 bits per heavy atom. The number of nitrogens with zero attached hydrogens (tertiary/aromatic N) is 1. The van der Waals surface area contributed by atoms with E-state index in [9.17, 15) is 0 Å². The molecule has 0 fully saturated rings. The zero-order valence-electron chi connectivity index (χ0n) is 26.6. The SMILES string of the molecule is c1ccc(Cc2ccc3c4ccc(-c5cccc(N(c6ccccc6)c6cccc7ccccc67)c5)cc4c4ccccc4c3c2)cc1. The molecule has 9 aromatic carbocycles. The van der Waals surface area contributed by atoms with Crippen LogP contribution in [0.15, 0.2) is 188 Å². The van der Waals surface area contributed by atoms with E-state index >= 15 is 0 Å². The van der Waals surface area contributed by atoms with E-state index in [1.54, 1.807) is 0 Å². The van der Waals surface area contributed by atoms with Gasteiger partial charge in [-0.3, -0.25) is 0 Å². The van der Waals surface area contributed by atoms with Gasteiger partial charge < -0.3 is 4.90 Å². The summed E-state index contributed by atoms with van der Waals surface area (Å²) in [6.45, 7) is 0. The lowest BCUT2D eigenvalue weighted by Gasteiger charge is -2.27. The van der Waals surface area contributed by atoms with Crippen molar-refractivity contribution in [3.05, 3.63) is 199 Å². The summed E-state index contributed by atoms with van der Waals surface area (Å²) in [6, 6.07) is 68.5. The molecule has 226 valence electrons. The van der Waals surface area contributed by atoms with E-state index in [4.69, 9.17) is 0 Å². The number of hydrogen-bond donors (Lipinski definition) is 0. The predicted octanol–water partition coefficient (Wildman–Crippen LogP) is 13.0. The first-order valence-electron chi connectivity index (χ1n) is 16.6. The van der Waals surface area contributed by atoms with Crippen LogP contribution < -0.4 is 4.90 Å². The molecule has 0 aromatic heterocycles. The van der Waals surface area contributed by atoms with Gasteiger partial charge in [-0.2, -0.15) is 0 Å². The number of para-hydroxylation sites is 1. The maximum atomic E-state index is 2.40. The van der Waals surface area contributed by atoms with E-state index in [-0.39, 0.29) is 0 Å². The van der Waals surface area contributed by atoms with Crippen LogP contribution in [0, 0.1) is 0 Å². The fourth-order valence-electron chi connectivity index (χ4n) is 7.36. The van der Waals surface area contributed by atoms with Crippen molar-refractivity contribution in [2.24, 2.45) is 0 Å². The molecular formula is C47H33N. The Labute approximate surface area is 281 Å². The van der Waals surface area contributed by atoms with Gasteiger partial charge in [0.2, 0.25) is 0 Å². The van der Waals surface area contributed by atoms with Gasteiger partial charge in [-0.25, -0.2) is 0 Å². The number of benzene rings is 9. The smallest absolute Gasteiger partial charge is 0.0540 e. The van der Waals surface area contributed by atoms with Gasteiger partial charge >= 0.3 is 0 Å². The second kappa shape index (κ2) is 11.9. The Kier molecular flexibility index (Phi) is 6.95. The lowest BCUT2D eigenvalue weighted by atomic mass is 9.90. The van der Waals surface area contributed by atoms with E-state index in [2.05, 4.69) is 193 Å². The van der Waals surface area contributed by atoms with Crippen LogP contribution in [0.5, 0.6) is 0 Å². The van der Waals surface area contributed by atoms with Crippen molar-refractivity contribution in [2.45, 2.75) is 6.42 Å². The topological polar surface area (TPSA) is 3.24 Å². The van der Waals surface area contributed by atoms with Gasteiger partial charge in [-0.1, -0.05) is 152 Å². The first-order chi connectivity index (χ1) is 23.8. The fourth-order valence-corrected chi connectivity index (χ4v) is 7.36. The predicted molar refractivity (Wildman–Crippen MR) is 206 cm³/mol. The number of rotatable bonds is 6. The molecule has 0 amide bonds. The van der Waals surface area contributed by atoms with Crippen molar-refractivity contribution in [3.63, 3.8) is 0 Å². The highest BCUT2D eigenvalue weighted by Crippen LogP contribution is 2.41. The van der Waals surface area contributed by atoms with Crippen LogP contribution in [-0.2, 0) is 6.42 Å². The number of fused-ring (bicyclic) bond motifs is 7. The molecule has 9 aromatic rings. The van der Waals surface area contributed by atoms with Gasteiger partial charge in [0.25, 0.3) is 0 Å². The Balaban J connectivity index is 1.19. The van der Waals surface area contributed by atoms with Gasteiger partial charge in [0, 0.05) is 16.8 Å². The average molecular weight is 612 g/mol. The van der Waals surface area contributed by atoms with E-state index in [0.717, 1.165) is 17.8 Å². The first kappa shape index (κ1) is 28.1. The van der Waals surface area contributed by atoms with Crippen LogP contribution in [0.25, 0.3) is 54.2 Å². The number of hydrogen-bond acceptors (Lipinski definition) is 1. The highest BCUT2D eigenvalue weighted by Gasteiger charge is 2.16. The zero-order valence-corrected chi connectivity index (χ0v) is 26.6. The molecule has 0 radical (unpaired) electrons. The molecule has 0 atom stereocenters. The summed E-state index contributed by atoms with van der Waals surface area (Å²) in [5, 5.41) is 10.2. The van der Waals surface area contributed by atoms with Gasteiger partial charge in [0.1, 0.15) is 0 Å². The van der Waals surface area contributed by atoms with E-state index in [0.29, 0.717) is 0 Å². The molecule has 0 aliphatic rings. The second-order valence-corrected chi connectivity index (χ2v) is 12.6. The van der Waals surface area contributed by atoms with Crippen LogP contribution in [-0.4, -0.2) is 0 Å². The van der Waals surface area contributed by atoms with Crippen molar-refractivity contribution in [1.29, 1.82) is 0 Å². The fraction of sp³-hybridized carbons (Fsp3) is 0.0213. The summed E-state index contributed by atoms with van der Waals surface area (Å²) >= 11 is 0. The van der Waals surface area contributed by atoms with Crippen molar-refractivity contribution in [3.8, 4) is 11.1 Å². The van der Waals surface area contributed by atoms with Gasteiger partial charge in [0.05, 0.1) is 5.69 Å². The molecule has 0 N–H and O–H groups in total. The average Bonchev–Trinajstić information content (AvgIpc) is 3.16. The molecule has 0 spiro atoms. The first-order valence-corrected chi connectivity index (χ1v) is 16.6. The van der Waals surface area contributed by atoms with Crippen LogP contribution in [0.2, 0.25) is 0 Å². The van der Waals surface area contributed by atoms with Crippen molar-refractivity contribution in [2.75, 3.05) is 4.90 Å². The van der Waals surface area contributed by atoms with Gasteiger partial charge in [0.15, 0.2) is 0 Å². The summed E-state index contributed by atoms with van der Waals surface area (Å²) in [5.41, 5.74) is 8.50. The van der Waals surface area contributed by atoms with Crippen LogP contribution >= 0.6 is 0 Å². The van der Waals surface area contributed by atoms with Crippen molar-refractivity contribution >= 4 is 60.2 Å². The third kappa shape index (κ3) is 4.98. The van der Waals surface area contributed by atoms with Gasteiger partial charge in [-0.15, -0.1) is 0 Å². The maximum Gasteiger partial charge on any atom is 0.0540 e. The molecule has 0 saturated carbocycles. The lowest BCUT2D eigenvalue weighted by Crippen LogP contribution is -2.10. The minimum Gasteiger partial charge on any atom is -0.310 e. The largest absolute Gasteiger partial charge is 0.310 e. The summed E-state index contributed by atoms with van der Waals surface area (Å²) in [5.74, 6) is 0. The summed E-state index contributed by atoms with van der Waals surface area (Å²) in [7, 11) is 0. The molecule has 0 aliphatic carbocycles. The lowest BCUT2D eigenvalue weighted by molar-refractivity contribution is 1.20. The quantitative estimate of drug-likeness (QED) is 0.169. The van der Waals surface area contributed by atoms with E-state index in [1.807, 2.05) is 0 Å². The van der Waals surface area contributed by atoms with Crippen LogP contribution in [0.3, 0.4) is 0 Å². The van der Waals surface area contributed by atoms with E-state index in [1.165, 1.54) is 71.0 Å². The molecule has 0 heterocycles. The maximum absolute atomic E-state index is 2.40. The monoisotopic (exact) mass is 611 g/mol. The summed E-state index contributed by atoms with van der Waals surface area (Å²) in [6.07, 6.45) is 0.928. The highest BCUT2D eigenvalue weighted by molar-refractivity contribution is 6.25. The normalized spacial score (nSPS) is 11.4. The minimum atomic E-state index is 0.928. The van der Waals surface area contributed by atoms with Crippen LogP contribution in [0.4, 0.5) is 17.1 Å². The third-order valence-corrected chi connectivity index (χ3v) is 9.61. The third-order valence-electron chi connectivity index (χ3n) is 9.61. The zero-order chi connectivity index (χ0) is 31.9. The molecule has 0 saturated heterocycles. The Morgan fingerprint density at radius 2 is 0.875 bits per heavy atom. The molecule has 48 heavy (non-hydrogen) atoms. The standard InChI is InChI=1S/C47H33N/c1-3-13-33(14-4-1)29-34-25-27-43-44-28-26-37(32-46(44)42-23-10-9-22-41(42)45(43)30-34)36-17-11-20-39(31-36)48(38-18-5-2-6-19-38)47-24-12-16-35-15-7-8-21-40(35)47/h1-28,30-32H,29H2. The molecule has 0 unspecified atom stereocenters. The highest BCUT2D eigenvalue weighted by atomic mass is 15.1. The van der Waals surface area contributed by atoms with Crippen molar-refractivity contribution in [1.82, 2.24) is 0 Å². The molecule has 0 aliphatic heterocycles. The number of anilines is 3. The Bertz CT molecular complexity index is 2560. The van der Waals surface area contributed by atoms with Gasteiger partial charge in [-0.05, 0) is 103 Å². The molecule has 1 heteroatoms. The minimum absolute atomic E-state index is 0.928. The molecule has 0 bridgehead atoms. The Morgan fingerprint density at radius 1 is 0.312 bits per heavy atom. The molecule has 1 nitrogen and oxygen atoms in total. The summed E-state index contributed by atoms with van der Waals surface area (Å²) < 4.78 is 0. The van der Waals surface area contributed by atoms with E-state index < -0.39 is 0 Å². The summed E-state index contributed by atoms with van der Waals surface area (Å²) in [4.78, 5) is 2.38. The molecular weight excluding hydrogens is 579 g/mol. The second-order valence-electron chi connectivity index (χ2n) is 12.6.